The Balaban J connectivity index is 1.46. The van der Waals surface area contributed by atoms with Gasteiger partial charge < -0.3 is 10.6 Å². The first-order valence-corrected chi connectivity index (χ1v) is 10.4. The van der Waals surface area contributed by atoms with E-state index in [1.165, 1.54) is 0 Å². The van der Waals surface area contributed by atoms with E-state index in [9.17, 15) is 4.79 Å². The number of aromatic amines is 1. The average Bonchev–Trinajstić information content (AvgIpc) is 3.29. The molecule has 0 radical (unpaired) electrons. The van der Waals surface area contributed by atoms with Gasteiger partial charge in [0.2, 0.25) is 0 Å². The first-order valence-electron chi connectivity index (χ1n) is 10.4. The van der Waals surface area contributed by atoms with Gasteiger partial charge in [-0.1, -0.05) is 6.07 Å². The molecule has 1 amide bonds. The monoisotopic (exact) mass is 413 g/mol. The average molecular weight is 413 g/mol. The van der Waals surface area contributed by atoms with Crippen molar-refractivity contribution in [2.24, 2.45) is 0 Å². The minimum atomic E-state index is -0.110. The molecule has 5 heterocycles. The molecule has 156 valence electrons. The highest BCUT2D eigenvalue weighted by Gasteiger charge is 2.18. The molecule has 0 atom stereocenters. The third-order valence-corrected chi connectivity index (χ3v) is 5.53. The van der Waals surface area contributed by atoms with Crippen LogP contribution in [0.5, 0.6) is 0 Å². The van der Waals surface area contributed by atoms with E-state index in [1.54, 1.807) is 18.5 Å². The Morgan fingerprint density at radius 3 is 2.74 bits per heavy atom. The first-order chi connectivity index (χ1) is 15.2. The zero-order valence-electron chi connectivity index (χ0n) is 17.2. The summed E-state index contributed by atoms with van der Waals surface area (Å²) < 4.78 is 0. The van der Waals surface area contributed by atoms with Crippen molar-refractivity contribution in [3.05, 3.63) is 60.0 Å². The van der Waals surface area contributed by atoms with Crippen LogP contribution < -0.4 is 10.6 Å². The first kappa shape index (κ1) is 19.3. The predicted molar refractivity (Wildman–Crippen MR) is 118 cm³/mol. The normalized spacial score (nSPS) is 14.6. The standard InChI is InChI=1S/C23H23N7O/c1-14-3-2-4-20(27-14)22-17(13-26-30-22)18-5-6-19-21(29-18)11-15(12-25-19)23(31)28-16-7-9-24-10-8-16/h2-6,11-13,16,24H,7-10H2,1H3,(H,26,30)(H,28,31). The fourth-order valence-corrected chi connectivity index (χ4v) is 3.87. The molecule has 0 aliphatic carbocycles. The summed E-state index contributed by atoms with van der Waals surface area (Å²) in [5.74, 6) is -0.110. The maximum atomic E-state index is 12.7. The van der Waals surface area contributed by atoms with E-state index in [-0.39, 0.29) is 11.9 Å². The van der Waals surface area contributed by atoms with Crippen LogP contribution in [-0.4, -0.2) is 50.2 Å². The lowest BCUT2D eigenvalue weighted by Crippen LogP contribution is -2.42. The minimum absolute atomic E-state index is 0.110. The third-order valence-electron chi connectivity index (χ3n) is 5.53. The minimum Gasteiger partial charge on any atom is -0.349 e. The summed E-state index contributed by atoms with van der Waals surface area (Å²) in [5, 5.41) is 13.7. The number of fused-ring (bicyclic) bond motifs is 1. The zero-order valence-corrected chi connectivity index (χ0v) is 17.2. The van der Waals surface area contributed by atoms with Crippen molar-refractivity contribution in [1.29, 1.82) is 0 Å². The van der Waals surface area contributed by atoms with E-state index in [0.29, 0.717) is 11.1 Å². The molecule has 1 aliphatic heterocycles. The van der Waals surface area contributed by atoms with Crippen LogP contribution in [0.3, 0.4) is 0 Å². The van der Waals surface area contributed by atoms with E-state index in [4.69, 9.17) is 4.98 Å². The molecule has 4 aromatic heterocycles. The SMILES string of the molecule is Cc1cccc(-c2[nH]ncc2-c2ccc3ncc(C(=O)NC4CCNCC4)cc3n2)n1. The summed E-state index contributed by atoms with van der Waals surface area (Å²) in [6.45, 7) is 3.80. The Kier molecular flexibility index (Phi) is 5.13. The quantitative estimate of drug-likeness (QED) is 0.475. The highest BCUT2D eigenvalue weighted by Crippen LogP contribution is 2.29. The van der Waals surface area contributed by atoms with Gasteiger partial charge in [0.15, 0.2) is 0 Å². The number of carbonyl (C=O) groups is 1. The van der Waals surface area contributed by atoms with Crippen LogP contribution in [0.25, 0.3) is 33.7 Å². The largest absolute Gasteiger partial charge is 0.349 e. The zero-order chi connectivity index (χ0) is 21.2. The molecule has 31 heavy (non-hydrogen) atoms. The molecule has 3 N–H and O–H groups in total. The van der Waals surface area contributed by atoms with Gasteiger partial charge in [-0.05, 0) is 63.2 Å². The second-order valence-electron chi connectivity index (χ2n) is 7.78. The van der Waals surface area contributed by atoms with Gasteiger partial charge in [0.05, 0.1) is 39.9 Å². The number of nitrogens with zero attached hydrogens (tertiary/aromatic N) is 4. The molecular formula is C23H23N7O. The fourth-order valence-electron chi connectivity index (χ4n) is 3.87. The molecule has 1 aliphatic rings. The smallest absolute Gasteiger partial charge is 0.253 e. The van der Waals surface area contributed by atoms with Crippen molar-refractivity contribution in [1.82, 2.24) is 35.8 Å². The molecule has 4 aromatic rings. The second kappa shape index (κ2) is 8.23. The van der Waals surface area contributed by atoms with E-state index in [0.717, 1.165) is 59.8 Å². The van der Waals surface area contributed by atoms with E-state index >= 15 is 0 Å². The van der Waals surface area contributed by atoms with Gasteiger partial charge in [0.25, 0.3) is 5.91 Å². The van der Waals surface area contributed by atoms with Crippen molar-refractivity contribution in [3.8, 4) is 22.6 Å². The lowest BCUT2D eigenvalue weighted by molar-refractivity contribution is 0.0929. The van der Waals surface area contributed by atoms with Crippen LogP contribution in [0.1, 0.15) is 28.9 Å². The third kappa shape index (κ3) is 4.02. The number of rotatable bonds is 4. The van der Waals surface area contributed by atoms with Gasteiger partial charge in [0, 0.05) is 23.5 Å². The van der Waals surface area contributed by atoms with Gasteiger partial charge >= 0.3 is 0 Å². The Morgan fingerprint density at radius 1 is 1.03 bits per heavy atom. The molecule has 0 bridgehead atoms. The number of amides is 1. The maximum Gasteiger partial charge on any atom is 0.253 e. The molecule has 1 saturated heterocycles. The fraction of sp³-hybridized carbons (Fsp3) is 0.261. The van der Waals surface area contributed by atoms with E-state index in [2.05, 4.69) is 30.8 Å². The van der Waals surface area contributed by atoms with Crippen molar-refractivity contribution in [3.63, 3.8) is 0 Å². The Morgan fingerprint density at radius 2 is 1.90 bits per heavy atom. The van der Waals surface area contributed by atoms with Gasteiger partial charge in [0.1, 0.15) is 0 Å². The topological polar surface area (TPSA) is 108 Å². The number of aromatic nitrogens is 5. The van der Waals surface area contributed by atoms with Crippen molar-refractivity contribution in [2.75, 3.05) is 13.1 Å². The molecule has 0 saturated carbocycles. The van der Waals surface area contributed by atoms with Crippen molar-refractivity contribution >= 4 is 16.9 Å². The second-order valence-corrected chi connectivity index (χ2v) is 7.78. The Labute approximate surface area is 179 Å². The molecule has 5 rings (SSSR count). The Bertz CT molecular complexity index is 1240. The molecule has 0 unspecified atom stereocenters. The lowest BCUT2D eigenvalue weighted by atomic mass is 10.1. The number of hydrogen-bond donors (Lipinski definition) is 3. The number of pyridine rings is 3. The summed E-state index contributed by atoms with van der Waals surface area (Å²) in [5.41, 5.74) is 6.06. The van der Waals surface area contributed by atoms with Gasteiger partial charge in [-0.25, -0.2) is 4.98 Å². The number of piperidine rings is 1. The summed E-state index contributed by atoms with van der Waals surface area (Å²) in [7, 11) is 0. The lowest BCUT2D eigenvalue weighted by Gasteiger charge is -2.23. The molecule has 1 fully saturated rings. The van der Waals surface area contributed by atoms with Gasteiger partial charge in [-0.2, -0.15) is 5.10 Å². The molecule has 8 heteroatoms. The summed E-state index contributed by atoms with van der Waals surface area (Å²) in [4.78, 5) is 26.5. The maximum absolute atomic E-state index is 12.7. The van der Waals surface area contributed by atoms with Gasteiger partial charge in [-0.15, -0.1) is 0 Å². The molecular weight excluding hydrogens is 390 g/mol. The molecule has 8 nitrogen and oxygen atoms in total. The van der Waals surface area contributed by atoms with Crippen molar-refractivity contribution < 1.29 is 4.79 Å². The summed E-state index contributed by atoms with van der Waals surface area (Å²) in [6, 6.07) is 11.7. The van der Waals surface area contributed by atoms with E-state index in [1.807, 2.05) is 37.3 Å². The molecule has 0 spiro atoms. The highest BCUT2D eigenvalue weighted by molar-refractivity contribution is 5.97. The van der Waals surface area contributed by atoms with Crippen LogP contribution in [0.4, 0.5) is 0 Å². The number of nitrogens with one attached hydrogen (secondary N) is 3. The van der Waals surface area contributed by atoms with Crippen LogP contribution in [0.2, 0.25) is 0 Å². The van der Waals surface area contributed by atoms with Crippen molar-refractivity contribution in [2.45, 2.75) is 25.8 Å². The molecule has 0 aromatic carbocycles. The Hall–Kier alpha value is -3.65. The summed E-state index contributed by atoms with van der Waals surface area (Å²) in [6.07, 6.45) is 5.23. The highest BCUT2D eigenvalue weighted by atomic mass is 16.1. The number of aryl methyl sites for hydroxylation is 1. The van der Waals surface area contributed by atoms with Crippen LogP contribution in [0, 0.1) is 6.92 Å². The van der Waals surface area contributed by atoms with Crippen LogP contribution in [-0.2, 0) is 0 Å². The number of carbonyl (C=O) groups excluding carboxylic acids is 1. The van der Waals surface area contributed by atoms with Gasteiger partial charge in [-0.3, -0.25) is 19.9 Å². The number of H-pyrrole nitrogens is 1. The van der Waals surface area contributed by atoms with Crippen LogP contribution in [0.15, 0.2) is 48.8 Å². The predicted octanol–water partition coefficient (Wildman–Crippen LogP) is 2.87. The summed E-state index contributed by atoms with van der Waals surface area (Å²) >= 11 is 0. The van der Waals surface area contributed by atoms with E-state index < -0.39 is 0 Å². The number of hydrogen-bond acceptors (Lipinski definition) is 6. The van der Waals surface area contributed by atoms with Crippen LogP contribution >= 0.6 is 0 Å².